The highest BCUT2D eigenvalue weighted by Crippen LogP contribution is 2.17. The predicted molar refractivity (Wildman–Crippen MR) is 306 cm³/mol. The van der Waals surface area contributed by atoms with E-state index in [0.29, 0.717) is 19.4 Å². The molecular weight excluding hydrogens is 863 g/mol. The van der Waals surface area contributed by atoms with Crippen molar-refractivity contribution in [1.29, 1.82) is 0 Å². The van der Waals surface area contributed by atoms with E-state index >= 15 is 0 Å². The first-order chi connectivity index (χ1) is 34.5. The summed E-state index contributed by atoms with van der Waals surface area (Å²) in [5.41, 5.74) is 0. The number of carbonyl (C=O) groups is 2. The largest absolute Gasteiger partial charge is 0.466 e. The van der Waals surface area contributed by atoms with Gasteiger partial charge in [-0.1, -0.05) is 294 Å². The van der Waals surface area contributed by atoms with Gasteiger partial charge in [0.2, 0.25) is 5.91 Å². The molecular formula is C64H121NO5. The minimum atomic E-state index is -0.842. The molecule has 0 aliphatic carbocycles. The van der Waals surface area contributed by atoms with Gasteiger partial charge >= 0.3 is 5.97 Å². The Hall–Kier alpha value is -1.92. The van der Waals surface area contributed by atoms with E-state index < -0.39 is 12.1 Å². The van der Waals surface area contributed by atoms with Gasteiger partial charge in [-0.15, -0.1) is 0 Å². The van der Waals surface area contributed by atoms with Gasteiger partial charge in [0.15, 0.2) is 0 Å². The minimum absolute atomic E-state index is 0.0134. The highest BCUT2D eigenvalue weighted by atomic mass is 16.5. The summed E-state index contributed by atoms with van der Waals surface area (Å²) in [6.45, 7) is 4.89. The fraction of sp³-hybridized carbons (Fsp3) is 0.875. The van der Waals surface area contributed by atoms with Crippen molar-refractivity contribution in [2.24, 2.45) is 0 Å². The first-order valence-corrected chi connectivity index (χ1v) is 31.3. The van der Waals surface area contributed by atoms with Gasteiger partial charge in [-0.05, 0) is 64.2 Å². The van der Waals surface area contributed by atoms with Crippen molar-refractivity contribution in [1.82, 2.24) is 5.32 Å². The second kappa shape index (κ2) is 59.6. The van der Waals surface area contributed by atoms with Gasteiger partial charge in [0.05, 0.1) is 25.4 Å². The number of aliphatic hydroxyl groups excluding tert-OH is 2. The van der Waals surface area contributed by atoms with Crippen molar-refractivity contribution in [2.45, 2.75) is 347 Å². The summed E-state index contributed by atoms with van der Waals surface area (Å²) in [5.74, 6) is -0.0553. The van der Waals surface area contributed by atoms with E-state index in [9.17, 15) is 19.8 Å². The Balaban J connectivity index is 3.38. The topological polar surface area (TPSA) is 95.9 Å². The Kier molecular flexibility index (Phi) is 58.0. The van der Waals surface area contributed by atoms with Gasteiger partial charge in [0.1, 0.15) is 0 Å². The molecule has 0 bridgehead atoms. The van der Waals surface area contributed by atoms with E-state index in [0.717, 1.165) is 44.9 Å². The number of amides is 1. The lowest BCUT2D eigenvalue weighted by atomic mass is 10.0. The van der Waals surface area contributed by atoms with Gasteiger partial charge in [-0.25, -0.2) is 0 Å². The van der Waals surface area contributed by atoms with Crippen LogP contribution in [0.1, 0.15) is 335 Å². The molecule has 70 heavy (non-hydrogen) atoms. The monoisotopic (exact) mass is 984 g/mol. The molecule has 0 aromatic heterocycles. The molecule has 0 aliphatic heterocycles. The van der Waals surface area contributed by atoms with Crippen LogP contribution in [0.2, 0.25) is 0 Å². The predicted octanol–water partition coefficient (Wildman–Crippen LogP) is 19.6. The number of carbonyl (C=O) groups excluding carboxylic acids is 2. The number of hydrogen-bond acceptors (Lipinski definition) is 5. The van der Waals surface area contributed by atoms with Crippen molar-refractivity contribution in [3.63, 3.8) is 0 Å². The number of allylic oxidation sites excluding steroid dienone is 5. The Morgan fingerprint density at radius 2 is 0.714 bits per heavy atom. The lowest BCUT2D eigenvalue weighted by Gasteiger charge is -2.20. The second-order valence-corrected chi connectivity index (χ2v) is 21.4. The number of unbranched alkanes of at least 4 members (excludes halogenated alkanes) is 43. The molecule has 0 fully saturated rings. The zero-order chi connectivity index (χ0) is 50.7. The van der Waals surface area contributed by atoms with E-state index in [1.807, 2.05) is 6.08 Å². The van der Waals surface area contributed by atoms with E-state index in [1.165, 1.54) is 263 Å². The van der Waals surface area contributed by atoms with Crippen LogP contribution in [-0.4, -0.2) is 47.4 Å². The van der Waals surface area contributed by atoms with Crippen LogP contribution < -0.4 is 5.32 Å². The van der Waals surface area contributed by atoms with Crippen LogP contribution >= 0.6 is 0 Å². The van der Waals surface area contributed by atoms with Crippen LogP contribution in [0.5, 0.6) is 0 Å². The number of aliphatic hydroxyl groups is 2. The van der Waals surface area contributed by atoms with Gasteiger partial charge in [-0.3, -0.25) is 9.59 Å². The van der Waals surface area contributed by atoms with Crippen molar-refractivity contribution in [3.8, 4) is 0 Å². The first kappa shape index (κ1) is 68.1. The third kappa shape index (κ3) is 55.4. The van der Waals surface area contributed by atoms with Gasteiger partial charge < -0.3 is 20.3 Å². The molecule has 6 nitrogen and oxygen atoms in total. The molecule has 0 saturated carbocycles. The molecule has 1 amide bonds. The van der Waals surface area contributed by atoms with Crippen molar-refractivity contribution in [2.75, 3.05) is 13.2 Å². The molecule has 0 aromatic rings. The van der Waals surface area contributed by atoms with Crippen LogP contribution in [0.3, 0.4) is 0 Å². The van der Waals surface area contributed by atoms with E-state index in [2.05, 4.69) is 43.5 Å². The molecule has 2 unspecified atom stereocenters. The summed E-state index contributed by atoms with van der Waals surface area (Å²) in [7, 11) is 0. The normalized spacial score (nSPS) is 12.8. The van der Waals surface area contributed by atoms with Crippen LogP contribution in [0, 0.1) is 0 Å². The SMILES string of the molecule is CCCCCCCCCC/C=C/C(O)C(CO)NC(=O)CCCCCCCCCCCCCCCCC/C=C\C/C=C\CCCCCCCCCCCOC(=O)CCCCCCCCCCCCCC. The molecule has 0 radical (unpaired) electrons. The Morgan fingerprint density at radius 3 is 1.09 bits per heavy atom. The van der Waals surface area contributed by atoms with Gasteiger partial charge in [-0.2, -0.15) is 0 Å². The molecule has 0 saturated heterocycles. The number of esters is 1. The molecule has 0 rings (SSSR count). The Morgan fingerprint density at radius 1 is 0.400 bits per heavy atom. The maximum Gasteiger partial charge on any atom is 0.305 e. The minimum Gasteiger partial charge on any atom is -0.466 e. The Bertz CT molecular complexity index is 1130. The van der Waals surface area contributed by atoms with Crippen LogP contribution in [0.25, 0.3) is 0 Å². The van der Waals surface area contributed by atoms with Crippen molar-refractivity contribution >= 4 is 11.9 Å². The lowest BCUT2D eigenvalue weighted by Crippen LogP contribution is -2.45. The number of nitrogens with one attached hydrogen (secondary N) is 1. The molecule has 0 heterocycles. The Labute approximate surface area is 436 Å². The average molecular weight is 985 g/mol. The number of ether oxygens (including phenoxy) is 1. The van der Waals surface area contributed by atoms with Gasteiger partial charge in [0.25, 0.3) is 0 Å². The van der Waals surface area contributed by atoms with E-state index in [1.54, 1.807) is 6.08 Å². The molecule has 0 spiro atoms. The summed E-state index contributed by atoms with van der Waals surface area (Å²) >= 11 is 0. The lowest BCUT2D eigenvalue weighted by molar-refractivity contribution is -0.143. The second-order valence-electron chi connectivity index (χ2n) is 21.4. The van der Waals surface area contributed by atoms with Crippen molar-refractivity contribution in [3.05, 3.63) is 36.5 Å². The molecule has 0 aromatic carbocycles. The summed E-state index contributed by atoms with van der Waals surface area (Å²) in [4.78, 5) is 24.4. The highest BCUT2D eigenvalue weighted by molar-refractivity contribution is 5.76. The number of rotatable bonds is 58. The standard InChI is InChI=1S/C64H121NO5/c1-3-5-7-9-11-13-15-38-42-46-50-54-58-64(69)70-59-55-51-47-43-39-36-34-32-30-28-26-24-22-20-18-16-17-19-21-23-25-27-29-31-33-35-37-41-45-49-53-57-63(68)65-61(60-66)62(67)56-52-48-44-40-14-12-10-8-6-4-2/h18,20,24,26,52,56,61-62,66-67H,3-17,19,21-23,25,27-51,53-55,57-60H2,1-2H3,(H,65,68)/b20-18-,26-24-,56-52+. The van der Waals surface area contributed by atoms with Crippen LogP contribution in [0.15, 0.2) is 36.5 Å². The fourth-order valence-corrected chi connectivity index (χ4v) is 9.61. The summed E-state index contributed by atoms with van der Waals surface area (Å²) in [6.07, 6.45) is 74.9. The smallest absolute Gasteiger partial charge is 0.305 e. The first-order valence-electron chi connectivity index (χ1n) is 31.3. The fourth-order valence-electron chi connectivity index (χ4n) is 9.61. The number of hydrogen-bond donors (Lipinski definition) is 3. The molecule has 0 aliphatic rings. The van der Waals surface area contributed by atoms with E-state index in [4.69, 9.17) is 4.74 Å². The molecule has 2 atom stereocenters. The van der Waals surface area contributed by atoms with Crippen molar-refractivity contribution < 1.29 is 24.5 Å². The zero-order valence-electron chi connectivity index (χ0n) is 47.0. The van der Waals surface area contributed by atoms with Crippen LogP contribution in [0.4, 0.5) is 0 Å². The summed E-state index contributed by atoms with van der Waals surface area (Å²) in [6, 6.07) is -0.625. The molecule has 412 valence electrons. The quantitative estimate of drug-likeness (QED) is 0.0321. The molecule has 6 heteroatoms. The third-order valence-electron chi connectivity index (χ3n) is 14.4. The average Bonchev–Trinajstić information content (AvgIpc) is 3.36. The zero-order valence-corrected chi connectivity index (χ0v) is 47.0. The third-order valence-corrected chi connectivity index (χ3v) is 14.4. The highest BCUT2D eigenvalue weighted by Gasteiger charge is 2.18. The summed E-state index contributed by atoms with van der Waals surface area (Å²) < 4.78 is 5.47. The maximum atomic E-state index is 12.4. The van der Waals surface area contributed by atoms with E-state index in [-0.39, 0.29) is 18.5 Å². The maximum absolute atomic E-state index is 12.4. The van der Waals surface area contributed by atoms with Crippen LogP contribution in [-0.2, 0) is 14.3 Å². The van der Waals surface area contributed by atoms with Gasteiger partial charge in [0, 0.05) is 12.8 Å². The molecule has 3 N–H and O–H groups in total. The summed E-state index contributed by atoms with van der Waals surface area (Å²) in [5, 5.41) is 23.0.